The van der Waals surface area contributed by atoms with E-state index in [9.17, 15) is 9.90 Å². The normalized spacial score (nSPS) is 9.62. The summed E-state index contributed by atoms with van der Waals surface area (Å²) in [5, 5.41) is 12.4. The minimum atomic E-state index is -0.130. The van der Waals surface area contributed by atoms with Crippen LogP contribution < -0.4 is 0 Å². The van der Waals surface area contributed by atoms with Crippen molar-refractivity contribution in [1.29, 1.82) is 5.53 Å². The minimum Gasteiger partial charge on any atom is -0.506 e. The lowest BCUT2D eigenvalue weighted by Gasteiger charge is -2.00. The molecule has 0 unspecified atom stereocenters. The molecule has 0 aliphatic rings. The molecule has 0 aromatic heterocycles. The van der Waals surface area contributed by atoms with Crippen LogP contribution in [0, 0.1) is 5.53 Å². The van der Waals surface area contributed by atoms with Gasteiger partial charge in [-0.3, -0.25) is 4.79 Å². The van der Waals surface area contributed by atoms with Crippen molar-refractivity contribution in [3.8, 4) is 5.75 Å². The highest BCUT2D eigenvalue weighted by molar-refractivity contribution is 5.96. The third-order valence-electron chi connectivity index (χ3n) is 1.74. The second kappa shape index (κ2) is 3.80. The highest BCUT2D eigenvalue weighted by Crippen LogP contribution is 2.27. The maximum absolute atomic E-state index is 11.2. The monoisotopic (exact) mass is 178 g/mol. The fourth-order valence-corrected chi connectivity index (χ4v) is 0.996. The molecule has 0 atom stereocenters. The van der Waals surface area contributed by atoms with Crippen LogP contribution in [0.4, 0.5) is 5.69 Å². The number of hydrogen-bond donors (Lipinski definition) is 2. The molecule has 0 bridgehead atoms. The summed E-state index contributed by atoms with van der Waals surface area (Å²) in [6.45, 7) is 1.75. The Balaban J connectivity index is 3.09. The Morgan fingerprint density at radius 2 is 2.31 bits per heavy atom. The number of phenols is 1. The molecule has 0 saturated heterocycles. The van der Waals surface area contributed by atoms with Gasteiger partial charge < -0.3 is 5.11 Å². The number of benzene rings is 1. The van der Waals surface area contributed by atoms with Crippen molar-refractivity contribution in [1.82, 2.24) is 0 Å². The zero-order valence-corrected chi connectivity index (χ0v) is 7.24. The van der Waals surface area contributed by atoms with E-state index >= 15 is 0 Å². The molecule has 0 saturated carbocycles. The van der Waals surface area contributed by atoms with E-state index in [4.69, 9.17) is 5.53 Å². The predicted molar refractivity (Wildman–Crippen MR) is 47.5 cm³/mol. The van der Waals surface area contributed by atoms with Gasteiger partial charge in [0.25, 0.3) is 0 Å². The first-order chi connectivity index (χ1) is 6.19. The Morgan fingerprint density at radius 3 is 2.77 bits per heavy atom. The van der Waals surface area contributed by atoms with E-state index in [0.717, 1.165) is 0 Å². The minimum absolute atomic E-state index is 0.0353. The molecule has 68 valence electrons. The SMILES string of the molecule is CCC(=O)c1ccc(N=N)c(O)c1. The third-order valence-corrected chi connectivity index (χ3v) is 1.74. The highest BCUT2D eigenvalue weighted by Gasteiger charge is 2.06. The summed E-state index contributed by atoms with van der Waals surface area (Å²) in [6, 6.07) is 4.34. The van der Waals surface area contributed by atoms with Gasteiger partial charge in [0.2, 0.25) is 0 Å². The number of nitrogens with zero attached hydrogens (tertiary/aromatic N) is 1. The molecule has 0 aliphatic heterocycles. The number of phenolic OH excluding ortho intramolecular Hbond substituents is 1. The van der Waals surface area contributed by atoms with Gasteiger partial charge in [0.05, 0.1) is 0 Å². The van der Waals surface area contributed by atoms with Gasteiger partial charge in [-0.1, -0.05) is 6.92 Å². The maximum Gasteiger partial charge on any atom is 0.162 e. The number of aromatic hydroxyl groups is 1. The molecule has 0 radical (unpaired) electrons. The van der Waals surface area contributed by atoms with Gasteiger partial charge in [0.15, 0.2) is 5.78 Å². The zero-order valence-electron chi connectivity index (χ0n) is 7.24. The summed E-state index contributed by atoms with van der Waals surface area (Å²) in [5.41, 5.74) is 7.31. The zero-order chi connectivity index (χ0) is 9.84. The van der Waals surface area contributed by atoms with Gasteiger partial charge in [-0.2, -0.15) is 5.11 Å². The number of ketones is 1. The van der Waals surface area contributed by atoms with Crippen molar-refractivity contribution in [2.24, 2.45) is 5.11 Å². The van der Waals surface area contributed by atoms with Crippen molar-refractivity contribution in [3.05, 3.63) is 23.8 Å². The summed E-state index contributed by atoms with van der Waals surface area (Å²) in [4.78, 5) is 11.2. The Bertz CT molecular complexity index is 347. The molecule has 1 aromatic rings. The fraction of sp³-hybridized carbons (Fsp3) is 0.222. The molecule has 1 aromatic carbocycles. The molecule has 0 aliphatic carbocycles. The summed E-state index contributed by atoms with van der Waals surface area (Å²) in [7, 11) is 0. The van der Waals surface area contributed by atoms with Crippen LogP contribution in [0.1, 0.15) is 23.7 Å². The second-order valence-corrected chi connectivity index (χ2v) is 2.59. The lowest BCUT2D eigenvalue weighted by molar-refractivity contribution is 0.0988. The average Bonchev–Trinajstić information content (AvgIpc) is 2.16. The van der Waals surface area contributed by atoms with Crippen LogP contribution in [0.5, 0.6) is 5.75 Å². The first-order valence-corrected chi connectivity index (χ1v) is 3.92. The topological polar surface area (TPSA) is 73.5 Å². The molecule has 0 heterocycles. The molecule has 0 fully saturated rings. The number of hydrogen-bond acceptors (Lipinski definition) is 4. The standard InChI is InChI=1S/C9H10N2O2/c1-2-8(12)6-3-4-7(11-10)9(13)5-6/h3-5,10,13H,2H2,1H3. The number of Topliss-reactive ketones (excluding diaryl/α,β-unsaturated/α-hetero) is 1. The Hall–Kier alpha value is -1.71. The van der Waals surface area contributed by atoms with Crippen LogP contribution in [0.15, 0.2) is 23.3 Å². The van der Waals surface area contributed by atoms with E-state index < -0.39 is 0 Å². The van der Waals surface area contributed by atoms with Crippen molar-refractivity contribution in [3.63, 3.8) is 0 Å². The molecule has 0 amide bonds. The second-order valence-electron chi connectivity index (χ2n) is 2.59. The van der Waals surface area contributed by atoms with Gasteiger partial charge in [-0.15, -0.1) is 0 Å². The van der Waals surface area contributed by atoms with Crippen LogP contribution in [0.3, 0.4) is 0 Å². The molecule has 4 nitrogen and oxygen atoms in total. The lowest BCUT2D eigenvalue weighted by atomic mass is 10.1. The van der Waals surface area contributed by atoms with Gasteiger partial charge in [-0.05, 0) is 18.2 Å². The molecule has 1 rings (SSSR count). The Kier molecular flexibility index (Phi) is 2.74. The van der Waals surface area contributed by atoms with Crippen LogP contribution in [-0.2, 0) is 0 Å². The van der Waals surface area contributed by atoms with E-state index in [-0.39, 0.29) is 17.2 Å². The quantitative estimate of drug-likeness (QED) is 0.551. The number of carbonyl (C=O) groups excluding carboxylic acids is 1. The first kappa shape index (κ1) is 9.38. The third kappa shape index (κ3) is 1.90. The molecular formula is C9H10N2O2. The van der Waals surface area contributed by atoms with Gasteiger partial charge in [-0.25, -0.2) is 5.53 Å². The van der Waals surface area contributed by atoms with Crippen LogP contribution in [0.2, 0.25) is 0 Å². The number of carbonyl (C=O) groups is 1. The van der Waals surface area contributed by atoms with Gasteiger partial charge in [0.1, 0.15) is 11.4 Å². The summed E-state index contributed by atoms with van der Waals surface area (Å²) in [5.74, 6) is -0.166. The van der Waals surface area contributed by atoms with Crippen LogP contribution >= 0.6 is 0 Å². The number of nitrogens with one attached hydrogen (secondary N) is 1. The highest BCUT2D eigenvalue weighted by atomic mass is 16.3. The molecule has 4 heteroatoms. The van der Waals surface area contributed by atoms with E-state index in [0.29, 0.717) is 12.0 Å². The van der Waals surface area contributed by atoms with E-state index in [1.807, 2.05) is 0 Å². The molecule has 0 spiro atoms. The maximum atomic E-state index is 11.2. The molecule has 13 heavy (non-hydrogen) atoms. The van der Waals surface area contributed by atoms with Crippen molar-refractivity contribution >= 4 is 11.5 Å². The predicted octanol–water partition coefficient (Wildman–Crippen LogP) is 2.65. The van der Waals surface area contributed by atoms with Crippen molar-refractivity contribution < 1.29 is 9.90 Å². The lowest BCUT2D eigenvalue weighted by Crippen LogP contribution is -1.95. The smallest absolute Gasteiger partial charge is 0.162 e. The first-order valence-electron chi connectivity index (χ1n) is 3.92. The Labute approximate surface area is 75.7 Å². The summed E-state index contributed by atoms with van der Waals surface area (Å²) in [6.07, 6.45) is 0.400. The van der Waals surface area contributed by atoms with E-state index in [1.54, 1.807) is 13.0 Å². The van der Waals surface area contributed by atoms with E-state index in [2.05, 4.69) is 5.11 Å². The fourth-order valence-electron chi connectivity index (χ4n) is 0.996. The number of rotatable bonds is 3. The van der Waals surface area contributed by atoms with Crippen LogP contribution in [-0.4, -0.2) is 10.9 Å². The Morgan fingerprint density at radius 1 is 1.62 bits per heavy atom. The summed E-state index contributed by atoms with van der Waals surface area (Å²) < 4.78 is 0. The molecular weight excluding hydrogens is 168 g/mol. The van der Waals surface area contributed by atoms with Crippen LogP contribution in [0.25, 0.3) is 0 Å². The summed E-state index contributed by atoms with van der Waals surface area (Å²) >= 11 is 0. The van der Waals surface area contributed by atoms with Crippen molar-refractivity contribution in [2.75, 3.05) is 0 Å². The van der Waals surface area contributed by atoms with E-state index in [1.165, 1.54) is 12.1 Å². The van der Waals surface area contributed by atoms with Gasteiger partial charge in [0, 0.05) is 12.0 Å². The van der Waals surface area contributed by atoms with Crippen molar-refractivity contribution in [2.45, 2.75) is 13.3 Å². The average molecular weight is 178 g/mol. The molecule has 2 N–H and O–H groups in total. The largest absolute Gasteiger partial charge is 0.506 e. The van der Waals surface area contributed by atoms with Gasteiger partial charge >= 0.3 is 0 Å².